The number of aromatic nitrogens is 6. The summed E-state index contributed by atoms with van der Waals surface area (Å²) in [5, 5.41) is 0. The van der Waals surface area contributed by atoms with Gasteiger partial charge in [0.15, 0.2) is 11.2 Å². The van der Waals surface area contributed by atoms with Gasteiger partial charge in [0.05, 0.1) is 11.4 Å². The van der Waals surface area contributed by atoms with Gasteiger partial charge in [-0.1, -0.05) is 36.4 Å². The van der Waals surface area contributed by atoms with Crippen LogP contribution in [0.25, 0.3) is 67.6 Å². The summed E-state index contributed by atoms with van der Waals surface area (Å²) in [7, 11) is 0. The lowest BCUT2D eigenvalue weighted by Gasteiger charge is -2.08. The summed E-state index contributed by atoms with van der Waals surface area (Å²) in [6, 6.07) is 31.9. The van der Waals surface area contributed by atoms with Gasteiger partial charge in [0.2, 0.25) is 11.8 Å². The van der Waals surface area contributed by atoms with Crippen LogP contribution in [-0.2, 0) is 6.42 Å². The third kappa shape index (κ3) is 4.70. The summed E-state index contributed by atoms with van der Waals surface area (Å²) in [5.74, 6) is 1.12. The Balaban J connectivity index is 1.27. The fourth-order valence-electron chi connectivity index (χ4n) is 5.31. The molecule has 0 aliphatic heterocycles. The van der Waals surface area contributed by atoms with Gasteiger partial charge in [0.1, 0.15) is 23.7 Å². The molecule has 204 valence electrons. The number of fused-ring (bicyclic) bond motifs is 2. The van der Waals surface area contributed by atoms with Crippen molar-refractivity contribution in [3.8, 4) is 45.4 Å². The maximum Gasteiger partial charge on any atom is 0.227 e. The first-order valence-corrected chi connectivity index (χ1v) is 13.8. The predicted molar refractivity (Wildman–Crippen MR) is 164 cm³/mol. The number of hydrogen-bond donors (Lipinski definition) is 0. The first kappa shape index (κ1) is 24.8. The molecule has 8 aromatic rings. The zero-order chi connectivity index (χ0) is 28.6. The first-order valence-electron chi connectivity index (χ1n) is 13.8. The van der Waals surface area contributed by atoms with Crippen molar-refractivity contribution in [2.45, 2.75) is 6.42 Å². The van der Waals surface area contributed by atoms with Crippen molar-refractivity contribution in [2.75, 3.05) is 0 Å². The molecule has 0 N–H and O–H groups in total. The Hall–Kier alpha value is -6.02. The van der Waals surface area contributed by atoms with Crippen molar-refractivity contribution >= 4 is 22.2 Å². The highest BCUT2D eigenvalue weighted by Gasteiger charge is 2.19. The quantitative estimate of drug-likeness (QED) is 0.204. The Morgan fingerprint density at radius 1 is 0.512 bits per heavy atom. The summed E-state index contributed by atoms with van der Waals surface area (Å²) in [6.07, 6.45) is 7.15. The molecule has 0 saturated carbocycles. The zero-order valence-corrected chi connectivity index (χ0v) is 22.8. The molecule has 8 rings (SSSR count). The van der Waals surface area contributed by atoms with Crippen LogP contribution in [0.3, 0.4) is 0 Å². The van der Waals surface area contributed by atoms with E-state index in [4.69, 9.17) is 18.8 Å². The van der Waals surface area contributed by atoms with E-state index < -0.39 is 0 Å². The number of oxazole rings is 2. The maximum absolute atomic E-state index is 6.32. The smallest absolute Gasteiger partial charge is 0.227 e. The highest BCUT2D eigenvalue weighted by atomic mass is 16.4. The highest BCUT2D eigenvalue weighted by Crippen LogP contribution is 2.36. The monoisotopic (exact) mass is 558 g/mol. The van der Waals surface area contributed by atoms with Crippen LogP contribution in [-0.4, -0.2) is 29.9 Å². The standard InChI is InChI=1S/C35H22N6O2/c1-3-7-24(8-4-1)34-40-30-18-22(16-26(32(30)42-34)28-11-13-36-20-38-28)15-23-17-27(29-12-14-37-21-39-29)33-31(19-23)41-35(43-33)25-9-5-2-6-10-25/h1-14,16-21H,15H2. The fourth-order valence-corrected chi connectivity index (χ4v) is 5.31. The van der Waals surface area contributed by atoms with Gasteiger partial charge in [0.25, 0.3) is 0 Å². The Morgan fingerprint density at radius 3 is 1.40 bits per heavy atom. The number of nitrogens with zero attached hydrogens (tertiary/aromatic N) is 6. The molecule has 0 bridgehead atoms. The van der Waals surface area contributed by atoms with E-state index in [0.29, 0.717) is 29.4 Å². The van der Waals surface area contributed by atoms with E-state index in [2.05, 4.69) is 44.2 Å². The van der Waals surface area contributed by atoms with E-state index in [9.17, 15) is 0 Å². The van der Waals surface area contributed by atoms with Crippen LogP contribution in [0.15, 0.2) is 131 Å². The van der Waals surface area contributed by atoms with Crippen LogP contribution in [0.2, 0.25) is 0 Å². The van der Waals surface area contributed by atoms with Crippen LogP contribution >= 0.6 is 0 Å². The van der Waals surface area contributed by atoms with Crippen LogP contribution in [0.5, 0.6) is 0 Å². The lowest BCUT2D eigenvalue weighted by atomic mass is 9.98. The van der Waals surface area contributed by atoms with Crippen LogP contribution in [0.4, 0.5) is 0 Å². The molecule has 4 aromatic heterocycles. The van der Waals surface area contributed by atoms with Gasteiger partial charge >= 0.3 is 0 Å². The normalized spacial score (nSPS) is 11.3. The summed E-state index contributed by atoms with van der Waals surface area (Å²) in [6.45, 7) is 0. The molecular weight excluding hydrogens is 536 g/mol. The summed E-state index contributed by atoms with van der Waals surface area (Å²) < 4.78 is 12.6. The number of benzene rings is 4. The van der Waals surface area contributed by atoms with Crippen LogP contribution in [0.1, 0.15) is 11.1 Å². The van der Waals surface area contributed by atoms with Gasteiger partial charge < -0.3 is 8.83 Å². The molecule has 0 radical (unpaired) electrons. The Morgan fingerprint density at radius 2 is 0.977 bits per heavy atom. The van der Waals surface area contributed by atoms with E-state index in [1.807, 2.05) is 72.8 Å². The third-order valence-corrected chi connectivity index (χ3v) is 7.27. The Labute approximate surface area is 245 Å². The minimum Gasteiger partial charge on any atom is -0.435 e. The maximum atomic E-state index is 6.32. The average molecular weight is 559 g/mol. The second-order valence-corrected chi connectivity index (χ2v) is 10.1. The topological polar surface area (TPSA) is 104 Å². The zero-order valence-electron chi connectivity index (χ0n) is 22.8. The van der Waals surface area contributed by atoms with Crippen molar-refractivity contribution < 1.29 is 8.83 Å². The van der Waals surface area contributed by atoms with E-state index in [1.54, 1.807) is 25.0 Å². The van der Waals surface area contributed by atoms with Crippen molar-refractivity contribution in [1.82, 2.24) is 29.9 Å². The second kappa shape index (κ2) is 10.4. The minimum atomic E-state index is 0.562. The molecule has 43 heavy (non-hydrogen) atoms. The molecule has 0 amide bonds. The van der Waals surface area contributed by atoms with E-state index in [0.717, 1.165) is 55.8 Å². The number of rotatable bonds is 6. The Bertz CT molecular complexity index is 2040. The minimum absolute atomic E-state index is 0.562. The second-order valence-electron chi connectivity index (χ2n) is 10.1. The SMILES string of the molecule is c1ccc(-c2nc3cc(Cc4cc(-c5ccncn5)c5oc(-c6ccccc6)nc5c4)cc(-c4ccncn4)c3o2)cc1. The van der Waals surface area contributed by atoms with E-state index in [1.165, 1.54) is 0 Å². The van der Waals surface area contributed by atoms with Gasteiger partial charge in [-0.15, -0.1) is 0 Å². The average Bonchev–Trinajstić information content (AvgIpc) is 3.71. The van der Waals surface area contributed by atoms with Gasteiger partial charge in [-0.25, -0.2) is 29.9 Å². The molecule has 4 aromatic carbocycles. The molecule has 0 spiro atoms. The molecule has 0 aliphatic carbocycles. The summed E-state index contributed by atoms with van der Waals surface area (Å²) >= 11 is 0. The molecular formula is C35H22N6O2. The van der Waals surface area contributed by atoms with Crippen molar-refractivity contribution in [3.63, 3.8) is 0 Å². The van der Waals surface area contributed by atoms with Gasteiger partial charge in [-0.2, -0.15) is 0 Å². The van der Waals surface area contributed by atoms with E-state index in [-0.39, 0.29) is 0 Å². The van der Waals surface area contributed by atoms with Crippen LogP contribution in [0, 0.1) is 0 Å². The molecule has 4 heterocycles. The first-order chi connectivity index (χ1) is 21.3. The van der Waals surface area contributed by atoms with Crippen LogP contribution < -0.4 is 0 Å². The number of hydrogen-bond acceptors (Lipinski definition) is 8. The highest BCUT2D eigenvalue weighted by molar-refractivity contribution is 5.93. The lowest BCUT2D eigenvalue weighted by molar-refractivity contribution is 0.620. The Kier molecular flexibility index (Phi) is 6.00. The molecule has 0 aliphatic rings. The molecule has 0 unspecified atom stereocenters. The molecule has 0 atom stereocenters. The van der Waals surface area contributed by atoms with Gasteiger partial charge in [-0.05, 0) is 78.2 Å². The van der Waals surface area contributed by atoms with Gasteiger partial charge in [0, 0.05) is 34.6 Å². The molecule has 0 saturated heterocycles. The molecule has 8 heteroatoms. The van der Waals surface area contributed by atoms with Crippen molar-refractivity contribution in [3.05, 3.63) is 133 Å². The lowest BCUT2D eigenvalue weighted by Crippen LogP contribution is -1.94. The molecule has 0 fully saturated rings. The van der Waals surface area contributed by atoms with Crippen molar-refractivity contribution in [2.24, 2.45) is 0 Å². The fraction of sp³-hybridized carbons (Fsp3) is 0.0286. The predicted octanol–water partition coefficient (Wildman–Crippen LogP) is 7.81. The summed E-state index contributed by atoms with van der Waals surface area (Å²) in [4.78, 5) is 27.0. The van der Waals surface area contributed by atoms with Crippen molar-refractivity contribution in [1.29, 1.82) is 0 Å². The van der Waals surface area contributed by atoms with E-state index >= 15 is 0 Å². The van der Waals surface area contributed by atoms with Gasteiger partial charge in [-0.3, -0.25) is 0 Å². The largest absolute Gasteiger partial charge is 0.435 e. The summed E-state index contributed by atoms with van der Waals surface area (Å²) in [5.41, 5.74) is 10.0. The third-order valence-electron chi connectivity index (χ3n) is 7.27. The molecule has 8 nitrogen and oxygen atoms in total.